The molecule has 7 aromatic carbocycles. The molecule has 0 saturated carbocycles. The van der Waals surface area contributed by atoms with E-state index in [2.05, 4.69) is 91.0 Å². The molecule has 0 heterocycles. The summed E-state index contributed by atoms with van der Waals surface area (Å²) in [5, 5.41) is 29.6. The van der Waals surface area contributed by atoms with Crippen molar-refractivity contribution >= 4 is 35.3 Å². The second-order valence-electron chi connectivity index (χ2n) is 12.2. The molecule has 51 heavy (non-hydrogen) atoms. The number of hydrogen-bond donors (Lipinski definition) is 3. The van der Waals surface area contributed by atoms with Crippen LogP contribution >= 0.6 is 35.3 Å². The topological polar surface area (TPSA) is 60.7 Å². The quantitative estimate of drug-likeness (QED) is 0.117. The van der Waals surface area contributed by atoms with Crippen LogP contribution in [0.5, 0.6) is 17.2 Å². The predicted octanol–water partition coefficient (Wildman–Crippen LogP) is 12.0. The highest BCUT2D eigenvalue weighted by atomic mass is 32.2. The van der Waals surface area contributed by atoms with Gasteiger partial charge in [-0.15, -0.1) is 0 Å². The summed E-state index contributed by atoms with van der Waals surface area (Å²) in [4.78, 5) is 7.14. The molecule has 6 heteroatoms. The van der Waals surface area contributed by atoms with E-state index in [0.717, 1.165) is 36.0 Å². The largest absolute Gasteiger partial charge is 0.508 e. The van der Waals surface area contributed by atoms with Gasteiger partial charge in [-0.05, 0) is 119 Å². The monoisotopic (exact) mass is 720 g/mol. The first kappa shape index (κ1) is 34.4. The lowest BCUT2D eigenvalue weighted by atomic mass is 10.1. The predicted molar refractivity (Wildman–Crippen MR) is 211 cm³/mol. The Hall–Kier alpha value is -5.01. The summed E-state index contributed by atoms with van der Waals surface area (Å²) in [6.45, 7) is 0. The highest BCUT2D eigenvalue weighted by Crippen LogP contribution is 2.47. The first-order valence-corrected chi connectivity index (χ1v) is 19.2. The summed E-state index contributed by atoms with van der Waals surface area (Å²) >= 11 is 5.39. The second kappa shape index (κ2) is 16.3. The van der Waals surface area contributed by atoms with E-state index in [-0.39, 0.29) is 17.2 Å². The maximum atomic E-state index is 9.87. The van der Waals surface area contributed by atoms with Gasteiger partial charge in [0.25, 0.3) is 0 Å². The van der Waals surface area contributed by atoms with E-state index in [1.165, 1.54) is 46.1 Å². The van der Waals surface area contributed by atoms with Crippen LogP contribution in [0.25, 0.3) is 0 Å². The SMILES string of the molecule is Oc1ccc(Cc2ccccc2Sc2cccc(Sc3ccccc3Cc3ccc(O)cc3)c2Sc2ccccc2Cc2ccc(O)cc2)cc1. The molecule has 0 amide bonds. The van der Waals surface area contributed by atoms with Gasteiger partial charge in [0.15, 0.2) is 0 Å². The molecule has 7 aromatic rings. The van der Waals surface area contributed by atoms with Crippen molar-refractivity contribution in [3.05, 3.63) is 197 Å². The lowest BCUT2D eigenvalue weighted by Gasteiger charge is -2.18. The van der Waals surface area contributed by atoms with Crippen LogP contribution in [0.1, 0.15) is 33.4 Å². The van der Waals surface area contributed by atoms with Gasteiger partial charge in [-0.2, -0.15) is 0 Å². The minimum atomic E-state index is 0.269. The Kier molecular flexibility index (Phi) is 11.0. The molecular formula is C45H36O3S3. The van der Waals surface area contributed by atoms with Crippen LogP contribution in [-0.2, 0) is 19.3 Å². The number of phenolic OH excluding ortho intramolecular Hbond substituents is 3. The van der Waals surface area contributed by atoms with Crippen LogP contribution in [0.3, 0.4) is 0 Å². The van der Waals surface area contributed by atoms with E-state index >= 15 is 0 Å². The average Bonchev–Trinajstić information content (AvgIpc) is 3.15. The molecule has 7 rings (SSSR count). The van der Waals surface area contributed by atoms with E-state index in [1.54, 1.807) is 71.7 Å². The van der Waals surface area contributed by atoms with Gasteiger partial charge in [0.2, 0.25) is 0 Å². The van der Waals surface area contributed by atoms with E-state index in [1.807, 2.05) is 36.4 Å². The Bertz CT molecular complexity index is 2120. The van der Waals surface area contributed by atoms with Crippen LogP contribution in [0.4, 0.5) is 0 Å². The highest BCUT2D eigenvalue weighted by molar-refractivity contribution is 8.04. The molecule has 0 aromatic heterocycles. The molecular weight excluding hydrogens is 685 g/mol. The van der Waals surface area contributed by atoms with Crippen molar-refractivity contribution < 1.29 is 15.3 Å². The normalized spacial score (nSPS) is 11.1. The minimum absolute atomic E-state index is 0.269. The summed E-state index contributed by atoms with van der Waals surface area (Å²) in [7, 11) is 0. The Morgan fingerprint density at radius 2 is 0.588 bits per heavy atom. The van der Waals surface area contributed by atoms with Crippen LogP contribution in [0.2, 0.25) is 0 Å². The molecule has 0 radical (unpaired) electrons. The molecule has 3 nitrogen and oxygen atoms in total. The molecule has 3 N–H and O–H groups in total. The van der Waals surface area contributed by atoms with Gasteiger partial charge in [-0.3, -0.25) is 0 Å². The molecule has 0 aliphatic rings. The molecule has 0 spiro atoms. The van der Waals surface area contributed by atoms with Gasteiger partial charge in [-0.1, -0.05) is 132 Å². The third-order valence-corrected chi connectivity index (χ3v) is 12.4. The third-order valence-electron chi connectivity index (χ3n) is 8.51. The van der Waals surface area contributed by atoms with Crippen molar-refractivity contribution in [1.29, 1.82) is 0 Å². The van der Waals surface area contributed by atoms with Gasteiger partial charge >= 0.3 is 0 Å². The molecule has 0 atom stereocenters. The highest BCUT2D eigenvalue weighted by Gasteiger charge is 2.18. The van der Waals surface area contributed by atoms with Gasteiger partial charge in [0.1, 0.15) is 17.2 Å². The van der Waals surface area contributed by atoms with Crippen molar-refractivity contribution in [2.45, 2.75) is 48.6 Å². The lowest BCUT2D eigenvalue weighted by molar-refractivity contribution is 0.474. The van der Waals surface area contributed by atoms with Crippen molar-refractivity contribution in [1.82, 2.24) is 0 Å². The smallest absolute Gasteiger partial charge is 0.115 e. The zero-order chi connectivity index (χ0) is 35.0. The number of phenols is 3. The maximum absolute atomic E-state index is 9.87. The molecule has 252 valence electrons. The molecule has 0 unspecified atom stereocenters. The van der Waals surface area contributed by atoms with Crippen LogP contribution < -0.4 is 0 Å². The van der Waals surface area contributed by atoms with Gasteiger partial charge in [0, 0.05) is 29.4 Å². The fraction of sp³-hybridized carbons (Fsp3) is 0.0667. The summed E-state index contributed by atoms with van der Waals surface area (Å²) in [5.41, 5.74) is 7.12. The fourth-order valence-corrected chi connectivity index (χ4v) is 9.40. The van der Waals surface area contributed by atoms with Crippen molar-refractivity contribution in [3.8, 4) is 17.2 Å². The summed E-state index contributed by atoms with van der Waals surface area (Å²) in [5.74, 6) is 0.811. The minimum Gasteiger partial charge on any atom is -0.508 e. The zero-order valence-corrected chi connectivity index (χ0v) is 30.2. The van der Waals surface area contributed by atoms with E-state index in [4.69, 9.17) is 0 Å². The average molecular weight is 721 g/mol. The number of rotatable bonds is 12. The molecule has 0 saturated heterocycles. The van der Waals surface area contributed by atoms with Crippen molar-refractivity contribution in [2.75, 3.05) is 0 Å². The maximum Gasteiger partial charge on any atom is 0.115 e. The Morgan fingerprint density at radius 1 is 0.294 bits per heavy atom. The van der Waals surface area contributed by atoms with Crippen LogP contribution in [0, 0.1) is 0 Å². The molecule has 0 aliphatic heterocycles. The second-order valence-corrected chi connectivity index (χ2v) is 15.5. The molecule has 0 aliphatic carbocycles. The van der Waals surface area contributed by atoms with E-state index in [9.17, 15) is 15.3 Å². The van der Waals surface area contributed by atoms with E-state index in [0.29, 0.717) is 0 Å². The standard InChI is InChI=1S/C45H36O3S3/c46-37-22-16-31(17-23-37)28-34-8-1-4-11-40(34)49-43-14-7-15-44(50-41-12-5-2-9-35(41)29-32-18-24-38(47)25-19-32)45(43)51-42-13-6-3-10-36(42)30-33-20-26-39(48)27-21-33/h1-27,46-48H,28-30H2. The van der Waals surface area contributed by atoms with Crippen LogP contribution in [0.15, 0.2) is 193 Å². The van der Waals surface area contributed by atoms with Crippen LogP contribution in [-0.4, -0.2) is 15.3 Å². The van der Waals surface area contributed by atoms with Crippen molar-refractivity contribution in [2.24, 2.45) is 0 Å². The summed E-state index contributed by atoms with van der Waals surface area (Å²) < 4.78 is 0. The first-order valence-electron chi connectivity index (χ1n) is 16.7. The van der Waals surface area contributed by atoms with Gasteiger partial charge in [0.05, 0.1) is 0 Å². The number of hydrogen-bond acceptors (Lipinski definition) is 6. The Morgan fingerprint density at radius 3 is 0.941 bits per heavy atom. The Balaban J connectivity index is 1.26. The number of aromatic hydroxyl groups is 3. The van der Waals surface area contributed by atoms with Gasteiger partial charge in [-0.25, -0.2) is 0 Å². The summed E-state index contributed by atoms with van der Waals surface area (Å²) in [6, 6.07) is 54.7. The van der Waals surface area contributed by atoms with Crippen molar-refractivity contribution in [3.63, 3.8) is 0 Å². The molecule has 0 bridgehead atoms. The van der Waals surface area contributed by atoms with Gasteiger partial charge < -0.3 is 15.3 Å². The third kappa shape index (κ3) is 9.02. The molecule has 0 fully saturated rings. The number of benzene rings is 7. The fourth-order valence-electron chi connectivity index (χ4n) is 5.85. The first-order chi connectivity index (χ1) is 25.0. The lowest BCUT2D eigenvalue weighted by Crippen LogP contribution is -1.94. The van der Waals surface area contributed by atoms with E-state index < -0.39 is 0 Å². The zero-order valence-electron chi connectivity index (χ0n) is 27.8. The summed E-state index contributed by atoms with van der Waals surface area (Å²) in [6.07, 6.45) is 2.28. The Labute approximate surface area is 312 Å².